The van der Waals surface area contributed by atoms with Gasteiger partial charge in [0.15, 0.2) is 11.3 Å². The smallest absolute Gasteiger partial charge is 0.333 e. The summed E-state index contributed by atoms with van der Waals surface area (Å²) in [6.07, 6.45) is -1.62. The van der Waals surface area contributed by atoms with Gasteiger partial charge in [-0.15, -0.1) is 0 Å². The Hall–Kier alpha value is -2.18. The van der Waals surface area contributed by atoms with E-state index in [1.165, 1.54) is 0 Å². The Balaban J connectivity index is 5.39. The van der Waals surface area contributed by atoms with Crippen LogP contribution in [0.3, 0.4) is 0 Å². The molecule has 0 aromatic heterocycles. The third kappa shape index (κ3) is 5.31. The molecular formula is C10H16N4O7S. The number of carbonyl (C=O) groups excluding carboxylic acids is 3. The first-order valence-corrected chi connectivity index (χ1v) is 6.39. The third-order valence-corrected chi connectivity index (χ3v) is 2.87. The molecule has 8 N–H and O–H groups in total. The summed E-state index contributed by atoms with van der Waals surface area (Å²) in [5.41, 5.74) is 11.2. The first-order valence-electron chi connectivity index (χ1n) is 5.76. The molecule has 124 valence electrons. The van der Waals surface area contributed by atoms with Gasteiger partial charge in [0.05, 0.1) is 18.6 Å². The van der Waals surface area contributed by atoms with Gasteiger partial charge in [0, 0.05) is 0 Å². The highest BCUT2D eigenvalue weighted by Gasteiger charge is 2.47. The molecule has 0 heterocycles. The summed E-state index contributed by atoms with van der Waals surface area (Å²) in [6.45, 7) is 0. The SMILES string of the molecule is NC(=O)C[C@H](NN[C@@](CC(N)=O)(C(=O)O)C(=O)CS)C(=O)O. The van der Waals surface area contributed by atoms with E-state index in [2.05, 4.69) is 12.6 Å². The fraction of sp³-hybridized carbons (Fsp3) is 0.500. The second-order valence-electron chi connectivity index (χ2n) is 4.27. The van der Waals surface area contributed by atoms with E-state index in [0.29, 0.717) is 0 Å². The number of Topliss-reactive ketones (excluding diaryl/α,β-unsaturated/α-hetero) is 1. The summed E-state index contributed by atoms with van der Waals surface area (Å²) in [4.78, 5) is 55.9. The Morgan fingerprint density at radius 3 is 1.95 bits per heavy atom. The minimum absolute atomic E-state index is 0.554. The average molecular weight is 336 g/mol. The molecule has 2 amide bonds. The Kier molecular flexibility index (Phi) is 7.49. The highest BCUT2D eigenvalue weighted by atomic mass is 32.1. The highest BCUT2D eigenvalue weighted by Crippen LogP contribution is 2.13. The van der Waals surface area contributed by atoms with Crippen LogP contribution in [-0.2, 0) is 24.0 Å². The first kappa shape index (κ1) is 19.8. The summed E-state index contributed by atoms with van der Waals surface area (Å²) in [5.74, 6) is -6.96. The number of aliphatic carboxylic acids is 2. The molecule has 12 heteroatoms. The predicted octanol–water partition coefficient (Wildman–Crippen LogP) is -3.39. The van der Waals surface area contributed by atoms with E-state index in [4.69, 9.17) is 16.6 Å². The van der Waals surface area contributed by atoms with Crippen molar-refractivity contribution in [3.8, 4) is 0 Å². The van der Waals surface area contributed by atoms with E-state index in [9.17, 15) is 29.1 Å². The van der Waals surface area contributed by atoms with Crippen molar-refractivity contribution in [2.24, 2.45) is 11.5 Å². The van der Waals surface area contributed by atoms with Crippen LogP contribution in [0.25, 0.3) is 0 Å². The maximum atomic E-state index is 11.8. The maximum absolute atomic E-state index is 11.8. The number of ketones is 1. The zero-order valence-corrected chi connectivity index (χ0v) is 12.1. The number of nitrogens with one attached hydrogen (secondary N) is 2. The van der Waals surface area contributed by atoms with Gasteiger partial charge in [-0.25, -0.2) is 15.6 Å². The zero-order chi connectivity index (χ0) is 17.5. The lowest BCUT2D eigenvalue weighted by molar-refractivity contribution is -0.153. The second kappa shape index (κ2) is 8.31. The minimum Gasteiger partial charge on any atom is -0.480 e. The van der Waals surface area contributed by atoms with Gasteiger partial charge in [0.25, 0.3) is 0 Å². The lowest BCUT2D eigenvalue weighted by Gasteiger charge is -2.29. The standard InChI is InChI=1S/C10H16N4O7S/c11-6(16)1-4(8(18)19)13-14-10(9(20)21,2-7(12)17)5(15)3-22/h4,13-14,22H,1-3H2,(H2,11,16)(H2,12,17)(H,18,19)(H,20,21)/t4-,10+/m0/s1. The third-order valence-electron chi connectivity index (χ3n) is 2.59. The molecule has 11 nitrogen and oxygen atoms in total. The van der Waals surface area contributed by atoms with E-state index in [1.807, 2.05) is 10.9 Å². The summed E-state index contributed by atoms with van der Waals surface area (Å²) < 4.78 is 0. The largest absolute Gasteiger partial charge is 0.480 e. The van der Waals surface area contributed by atoms with Gasteiger partial charge in [-0.05, 0) is 0 Å². The van der Waals surface area contributed by atoms with Crippen molar-refractivity contribution in [1.82, 2.24) is 10.9 Å². The van der Waals surface area contributed by atoms with E-state index >= 15 is 0 Å². The Labute approximate surface area is 129 Å². The summed E-state index contributed by atoms with van der Waals surface area (Å²) in [5, 5.41) is 18.1. The van der Waals surface area contributed by atoms with Crippen molar-refractivity contribution >= 4 is 42.2 Å². The Morgan fingerprint density at radius 2 is 1.64 bits per heavy atom. The molecule has 0 bridgehead atoms. The van der Waals surface area contributed by atoms with Crippen LogP contribution in [0.5, 0.6) is 0 Å². The molecule has 0 unspecified atom stereocenters. The second-order valence-corrected chi connectivity index (χ2v) is 4.58. The first-order chi connectivity index (χ1) is 10.1. The van der Waals surface area contributed by atoms with Crippen molar-refractivity contribution in [2.45, 2.75) is 24.4 Å². The number of hydrogen-bond acceptors (Lipinski definition) is 8. The van der Waals surface area contributed by atoms with Gasteiger partial charge in [-0.3, -0.25) is 19.2 Å². The van der Waals surface area contributed by atoms with Gasteiger partial charge in [0.2, 0.25) is 11.8 Å². The van der Waals surface area contributed by atoms with Crippen LogP contribution >= 0.6 is 12.6 Å². The molecule has 0 aromatic carbocycles. The molecule has 0 spiro atoms. The number of carboxylic acid groups (broad SMARTS) is 2. The van der Waals surface area contributed by atoms with E-state index in [0.717, 1.165) is 0 Å². The van der Waals surface area contributed by atoms with E-state index < -0.39 is 59.7 Å². The number of hydrazine groups is 1. The zero-order valence-electron chi connectivity index (χ0n) is 11.2. The van der Waals surface area contributed by atoms with Crippen molar-refractivity contribution in [3.05, 3.63) is 0 Å². The normalized spacial score (nSPS) is 14.6. The molecule has 0 aromatic rings. The van der Waals surface area contributed by atoms with Crippen molar-refractivity contribution in [1.29, 1.82) is 0 Å². The lowest BCUT2D eigenvalue weighted by atomic mass is 9.91. The van der Waals surface area contributed by atoms with Gasteiger partial charge in [-0.2, -0.15) is 12.6 Å². The summed E-state index contributed by atoms with van der Waals surface area (Å²) in [6, 6.07) is -1.61. The Bertz CT molecular complexity index is 498. The number of rotatable bonds is 11. The van der Waals surface area contributed by atoms with E-state index in [-0.39, 0.29) is 0 Å². The van der Waals surface area contributed by atoms with Crippen molar-refractivity contribution < 1.29 is 34.2 Å². The predicted molar refractivity (Wildman–Crippen MR) is 74.5 cm³/mol. The molecule has 0 aliphatic carbocycles. The highest BCUT2D eigenvalue weighted by molar-refractivity contribution is 7.81. The molecule has 0 radical (unpaired) electrons. The van der Waals surface area contributed by atoms with Crippen LogP contribution in [0, 0.1) is 0 Å². The number of amides is 2. The number of carbonyl (C=O) groups is 5. The lowest BCUT2D eigenvalue weighted by Crippen LogP contribution is -2.67. The van der Waals surface area contributed by atoms with Gasteiger partial charge in [0.1, 0.15) is 6.04 Å². The summed E-state index contributed by atoms with van der Waals surface area (Å²) in [7, 11) is 0. The van der Waals surface area contributed by atoms with Gasteiger partial charge < -0.3 is 21.7 Å². The fourth-order valence-corrected chi connectivity index (χ4v) is 1.74. The quantitative estimate of drug-likeness (QED) is 0.114. The molecule has 0 aliphatic rings. The minimum atomic E-state index is -2.51. The number of carboxylic acids is 2. The van der Waals surface area contributed by atoms with Crippen LogP contribution in [0.15, 0.2) is 0 Å². The number of primary amides is 2. The summed E-state index contributed by atoms with van der Waals surface area (Å²) >= 11 is 3.64. The fourth-order valence-electron chi connectivity index (χ4n) is 1.47. The Morgan fingerprint density at radius 1 is 1.09 bits per heavy atom. The van der Waals surface area contributed by atoms with Gasteiger partial charge in [-0.1, -0.05) is 0 Å². The van der Waals surface area contributed by atoms with E-state index in [1.54, 1.807) is 0 Å². The van der Waals surface area contributed by atoms with Crippen LogP contribution in [0.1, 0.15) is 12.8 Å². The molecule has 0 saturated carbocycles. The van der Waals surface area contributed by atoms with Crippen LogP contribution in [0.4, 0.5) is 0 Å². The van der Waals surface area contributed by atoms with Crippen LogP contribution in [0.2, 0.25) is 0 Å². The maximum Gasteiger partial charge on any atom is 0.333 e. The molecule has 0 saturated heterocycles. The molecule has 22 heavy (non-hydrogen) atoms. The monoisotopic (exact) mass is 336 g/mol. The van der Waals surface area contributed by atoms with Crippen molar-refractivity contribution in [2.75, 3.05) is 5.75 Å². The molecule has 0 aliphatic heterocycles. The topological polar surface area (TPSA) is 202 Å². The van der Waals surface area contributed by atoms with Crippen LogP contribution in [-0.4, -0.2) is 57.1 Å². The average Bonchev–Trinajstić information content (AvgIpc) is 2.39. The number of hydrogen-bond donors (Lipinski definition) is 7. The molecule has 0 fully saturated rings. The van der Waals surface area contributed by atoms with Gasteiger partial charge >= 0.3 is 11.9 Å². The number of nitrogens with two attached hydrogens (primary N) is 2. The number of thiol groups is 1. The molecule has 2 atom stereocenters. The van der Waals surface area contributed by atoms with Crippen LogP contribution < -0.4 is 22.3 Å². The molecule has 0 rings (SSSR count). The molecular weight excluding hydrogens is 320 g/mol. The van der Waals surface area contributed by atoms with Crippen molar-refractivity contribution in [3.63, 3.8) is 0 Å².